The molecule has 3 nitrogen and oxygen atoms in total. The minimum atomic E-state index is 0.710. The van der Waals surface area contributed by atoms with Crippen molar-refractivity contribution in [1.82, 2.24) is 15.1 Å². The third kappa shape index (κ3) is 3.94. The highest BCUT2D eigenvalue weighted by atomic mass is 15.2. The molecule has 2 aliphatic rings. The van der Waals surface area contributed by atoms with Gasteiger partial charge in [-0.05, 0) is 58.8 Å². The van der Waals surface area contributed by atoms with Gasteiger partial charge in [-0.25, -0.2) is 0 Å². The fraction of sp³-hybridized carbons (Fsp3) is 1.00. The number of likely N-dealkylation sites (N-methyl/N-ethyl adjacent to an activating group) is 1. The van der Waals surface area contributed by atoms with E-state index in [1.54, 1.807) is 0 Å². The molecule has 3 unspecified atom stereocenters. The molecular weight excluding hydrogens is 210 g/mol. The van der Waals surface area contributed by atoms with Crippen molar-refractivity contribution in [3.63, 3.8) is 0 Å². The van der Waals surface area contributed by atoms with Gasteiger partial charge in [0.05, 0.1) is 0 Å². The molecule has 0 aliphatic carbocycles. The molecule has 0 radical (unpaired) electrons. The first-order chi connectivity index (χ1) is 8.15. The molecule has 0 aromatic carbocycles. The van der Waals surface area contributed by atoms with Gasteiger partial charge in [0.15, 0.2) is 0 Å². The molecule has 100 valence electrons. The highest BCUT2D eigenvalue weighted by molar-refractivity contribution is 4.83. The van der Waals surface area contributed by atoms with Crippen LogP contribution in [0.5, 0.6) is 0 Å². The van der Waals surface area contributed by atoms with Gasteiger partial charge in [0.2, 0.25) is 0 Å². The maximum atomic E-state index is 3.69. The van der Waals surface area contributed by atoms with Crippen LogP contribution in [-0.4, -0.2) is 61.7 Å². The van der Waals surface area contributed by atoms with Crippen molar-refractivity contribution in [2.75, 3.05) is 39.8 Å². The first-order valence-electron chi connectivity index (χ1n) is 7.31. The molecular formula is C14H29N3. The van der Waals surface area contributed by atoms with E-state index >= 15 is 0 Å². The van der Waals surface area contributed by atoms with E-state index in [-0.39, 0.29) is 0 Å². The van der Waals surface area contributed by atoms with Crippen LogP contribution in [0.2, 0.25) is 0 Å². The molecule has 3 atom stereocenters. The summed E-state index contributed by atoms with van der Waals surface area (Å²) in [4.78, 5) is 5.17. The average Bonchev–Trinajstić information content (AvgIpc) is 2.41. The van der Waals surface area contributed by atoms with Crippen LogP contribution >= 0.6 is 0 Å². The quantitative estimate of drug-likeness (QED) is 0.786. The van der Waals surface area contributed by atoms with Crippen molar-refractivity contribution in [2.24, 2.45) is 5.92 Å². The average molecular weight is 239 g/mol. The highest BCUT2D eigenvalue weighted by Gasteiger charge is 2.25. The van der Waals surface area contributed by atoms with E-state index < -0.39 is 0 Å². The Hall–Kier alpha value is -0.120. The Balaban J connectivity index is 1.84. The predicted octanol–water partition coefficient (Wildman–Crippen LogP) is 1.40. The number of rotatable bonds is 2. The van der Waals surface area contributed by atoms with Crippen LogP contribution in [0.3, 0.4) is 0 Å². The molecule has 0 aromatic rings. The fourth-order valence-corrected chi connectivity index (χ4v) is 3.34. The van der Waals surface area contributed by atoms with Crippen molar-refractivity contribution in [3.05, 3.63) is 0 Å². The summed E-state index contributed by atoms with van der Waals surface area (Å²) in [6, 6.07) is 1.44. The van der Waals surface area contributed by atoms with Crippen molar-refractivity contribution in [3.8, 4) is 0 Å². The SMILES string of the molecule is CC1CCNC(CN2CCCN(C)CC2C)C1. The molecule has 0 spiro atoms. The largest absolute Gasteiger partial charge is 0.313 e. The summed E-state index contributed by atoms with van der Waals surface area (Å²) in [6.45, 7) is 11.0. The van der Waals surface area contributed by atoms with Crippen LogP contribution in [0, 0.1) is 5.92 Å². The van der Waals surface area contributed by atoms with Gasteiger partial charge in [-0.3, -0.25) is 4.90 Å². The standard InChI is InChI=1S/C14H29N3/c1-12-5-6-15-14(9-12)11-17-8-4-7-16(3)10-13(17)2/h12-15H,4-11H2,1-3H3. The van der Waals surface area contributed by atoms with E-state index in [9.17, 15) is 0 Å². The van der Waals surface area contributed by atoms with Crippen molar-refractivity contribution < 1.29 is 0 Å². The molecule has 2 rings (SSSR count). The molecule has 0 aromatic heterocycles. The minimum Gasteiger partial charge on any atom is -0.313 e. The molecule has 2 heterocycles. The lowest BCUT2D eigenvalue weighted by Gasteiger charge is -2.35. The Kier molecular flexibility index (Phi) is 4.83. The van der Waals surface area contributed by atoms with Crippen LogP contribution in [-0.2, 0) is 0 Å². The lowest BCUT2D eigenvalue weighted by atomic mass is 9.94. The molecule has 0 bridgehead atoms. The first-order valence-corrected chi connectivity index (χ1v) is 7.31. The minimum absolute atomic E-state index is 0.710. The lowest BCUT2D eigenvalue weighted by Crippen LogP contribution is -2.49. The van der Waals surface area contributed by atoms with Gasteiger partial charge in [-0.1, -0.05) is 6.92 Å². The monoisotopic (exact) mass is 239 g/mol. The van der Waals surface area contributed by atoms with E-state index in [2.05, 4.69) is 36.0 Å². The molecule has 17 heavy (non-hydrogen) atoms. The van der Waals surface area contributed by atoms with Gasteiger partial charge in [0, 0.05) is 25.2 Å². The third-order valence-corrected chi connectivity index (χ3v) is 4.40. The Morgan fingerprint density at radius 2 is 2.06 bits per heavy atom. The Bertz CT molecular complexity index is 232. The van der Waals surface area contributed by atoms with E-state index in [0.717, 1.165) is 12.0 Å². The van der Waals surface area contributed by atoms with Crippen molar-refractivity contribution in [2.45, 2.75) is 45.2 Å². The van der Waals surface area contributed by atoms with Gasteiger partial charge >= 0.3 is 0 Å². The van der Waals surface area contributed by atoms with Crippen LogP contribution in [0.15, 0.2) is 0 Å². The second-order valence-corrected chi connectivity index (χ2v) is 6.24. The van der Waals surface area contributed by atoms with Gasteiger partial charge in [0.1, 0.15) is 0 Å². The predicted molar refractivity (Wildman–Crippen MR) is 73.3 cm³/mol. The summed E-state index contributed by atoms with van der Waals surface area (Å²) in [6.07, 6.45) is 4.04. The third-order valence-electron chi connectivity index (χ3n) is 4.40. The van der Waals surface area contributed by atoms with Gasteiger partial charge in [0.25, 0.3) is 0 Å². The molecule has 0 amide bonds. The summed E-state index contributed by atoms with van der Waals surface area (Å²) in [5, 5.41) is 3.69. The number of nitrogens with zero attached hydrogens (tertiary/aromatic N) is 2. The zero-order chi connectivity index (χ0) is 12.3. The van der Waals surface area contributed by atoms with E-state index in [0.29, 0.717) is 6.04 Å². The van der Waals surface area contributed by atoms with Crippen LogP contribution in [0.4, 0.5) is 0 Å². The van der Waals surface area contributed by atoms with Crippen molar-refractivity contribution >= 4 is 0 Å². The smallest absolute Gasteiger partial charge is 0.0197 e. The van der Waals surface area contributed by atoms with E-state index in [4.69, 9.17) is 0 Å². The zero-order valence-corrected chi connectivity index (χ0v) is 11.8. The molecule has 2 aliphatic heterocycles. The molecule has 2 fully saturated rings. The number of hydrogen-bond acceptors (Lipinski definition) is 3. The molecule has 2 saturated heterocycles. The normalized spacial score (nSPS) is 37.9. The topological polar surface area (TPSA) is 18.5 Å². The summed E-state index contributed by atoms with van der Waals surface area (Å²) >= 11 is 0. The van der Waals surface area contributed by atoms with E-state index in [1.807, 2.05) is 0 Å². The Morgan fingerprint density at radius 3 is 2.82 bits per heavy atom. The second kappa shape index (κ2) is 6.17. The van der Waals surface area contributed by atoms with Gasteiger partial charge in [-0.2, -0.15) is 0 Å². The molecule has 1 N–H and O–H groups in total. The molecule has 3 heteroatoms. The van der Waals surface area contributed by atoms with Gasteiger partial charge < -0.3 is 10.2 Å². The number of hydrogen-bond donors (Lipinski definition) is 1. The summed E-state index contributed by atoms with van der Waals surface area (Å²) < 4.78 is 0. The first kappa shape index (κ1) is 13.3. The Morgan fingerprint density at radius 1 is 1.24 bits per heavy atom. The maximum absolute atomic E-state index is 3.69. The zero-order valence-electron chi connectivity index (χ0n) is 11.8. The van der Waals surface area contributed by atoms with Crippen LogP contribution in [0.1, 0.15) is 33.1 Å². The molecule has 0 saturated carbocycles. The van der Waals surface area contributed by atoms with Crippen LogP contribution < -0.4 is 5.32 Å². The van der Waals surface area contributed by atoms with Crippen molar-refractivity contribution in [1.29, 1.82) is 0 Å². The lowest BCUT2D eigenvalue weighted by molar-refractivity contribution is 0.163. The summed E-state index contributed by atoms with van der Waals surface area (Å²) in [7, 11) is 2.25. The Labute approximate surface area is 107 Å². The summed E-state index contributed by atoms with van der Waals surface area (Å²) in [5.41, 5.74) is 0. The number of nitrogens with one attached hydrogen (secondary N) is 1. The fourth-order valence-electron chi connectivity index (χ4n) is 3.34. The van der Waals surface area contributed by atoms with Gasteiger partial charge in [-0.15, -0.1) is 0 Å². The highest BCUT2D eigenvalue weighted by Crippen LogP contribution is 2.17. The van der Waals surface area contributed by atoms with Crippen LogP contribution in [0.25, 0.3) is 0 Å². The number of piperidine rings is 1. The maximum Gasteiger partial charge on any atom is 0.0197 e. The summed E-state index contributed by atoms with van der Waals surface area (Å²) in [5.74, 6) is 0.909. The van der Waals surface area contributed by atoms with E-state index in [1.165, 1.54) is 52.0 Å². The second-order valence-electron chi connectivity index (χ2n) is 6.24.